The van der Waals surface area contributed by atoms with Gasteiger partial charge in [0.25, 0.3) is 0 Å². The highest BCUT2D eigenvalue weighted by Crippen LogP contribution is 2.34. The molecule has 0 spiro atoms. The Morgan fingerprint density at radius 2 is 2.14 bits per heavy atom. The summed E-state index contributed by atoms with van der Waals surface area (Å²) < 4.78 is 0. The minimum atomic E-state index is -0.876. The summed E-state index contributed by atoms with van der Waals surface area (Å²) in [5, 5.41) is 8.88. The molecule has 1 N–H and O–H groups in total. The Kier molecular flexibility index (Phi) is 2.67. The molecule has 1 heterocycles. The standard InChI is InChI=1S/C9H13NO3S/c11-8(3-6-1-2-6)10-5-14-4-7(10)9(12)13/h6-7H,1-5H2,(H,12,13). The third-order valence-corrected chi connectivity index (χ3v) is 3.66. The Hall–Kier alpha value is -0.710. The lowest BCUT2D eigenvalue weighted by atomic mass is 10.2. The molecule has 78 valence electrons. The van der Waals surface area contributed by atoms with Gasteiger partial charge in [-0.2, -0.15) is 0 Å². The maximum atomic E-state index is 11.7. The van der Waals surface area contributed by atoms with Crippen molar-refractivity contribution in [3.8, 4) is 0 Å². The lowest BCUT2D eigenvalue weighted by Crippen LogP contribution is -2.41. The second-order valence-corrected chi connectivity index (χ2v) is 4.86. The number of aliphatic carboxylic acids is 1. The smallest absolute Gasteiger partial charge is 0.327 e. The predicted octanol–water partition coefficient (Wildman–Crippen LogP) is 0.773. The van der Waals surface area contributed by atoms with Crippen LogP contribution in [0, 0.1) is 5.92 Å². The van der Waals surface area contributed by atoms with Crippen LogP contribution in [0.15, 0.2) is 0 Å². The number of hydrogen-bond acceptors (Lipinski definition) is 3. The van der Waals surface area contributed by atoms with Crippen LogP contribution in [0.1, 0.15) is 19.3 Å². The van der Waals surface area contributed by atoms with Crippen LogP contribution >= 0.6 is 11.8 Å². The number of thioether (sulfide) groups is 1. The van der Waals surface area contributed by atoms with Gasteiger partial charge >= 0.3 is 5.97 Å². The number of amides is 1. The fourth-order valence-corrected chi connectivity index (χ4v) is 2.75. The van der Waals surface area contributed by atoms with Crippen LogP contribution in [0.5, 0.6) is 0 Å². The fraction of sp³-hybridized carbons (Fsp3) is 0.778. The summed E-state index contributed by atoms with van der Waals surface area (Å²) >= 11 is 1.52. The van der Waals surface area contributed by atoms with Crippen molar-refractivity contribution in [1.82, 2.24) is 4.90 Å². The van der Waals surface area contributed by atoms with Gasteiger partial charge in [0.15, 0.2) is 0 Å². The summed E-state index contributed by atoms with van der Waals surface area (Å²) in [6.07, 6.45) is 2.80. The Morgan fingerprint density at radius 1 is 1.43 bits per heavy atom. The van der Waals surface area contributed by atoms with Gasteiger partial charge in [0.05, 0.1) is 5.88 Å². The van der Waals surface area contributed by atoms with Gasteiger partial charge in [-0.3, -0.25) is 4.79 Å². The molecule has 0 aromatic rings. The van der Waals surface area contributed by atoms with E-state index in [1.807, 2.05) is 0 Å². The quantitative estimate of drug-likeness (QED) is 0.755. The zero-order valence-corrected chi connectivity index (χ0v) is 8.63. The molecular formula is C9H13NO3S. The Morgan fingerprint density at radius 3 is 2.71 bits per heavy atom. The molecule has 2 rings (SSSR count). The van der Waals surface area contributed by atoms with Crippen molar-refractivity contribution in [2.24, 2.45) is 5.92 Å². The second-order valence-electron chi connectivity index (χ2n) is 3.86. The van der Waals surface area contributed by atoms with Gasteiger partial charge in [-0.25, -0.2) is 4.79 Å². The van der Waals surface area contributed by atoms with Crippen LogP contribution in [0.2, 0.25) is 0 Å². The molecule has 0 aromatic carbocycles. The topological polar surface area (TPSA) is 57.6 Å². The van der Waals surface area contributed by atoms with Crippen molar-refractivity contribution >= 4 is 23.6 Å². The number of carbonyl (C=O) groups excluding carboxylic acids is 1. The van der Waals surface area contributed by atoms with Gasteiger partial charge < -0.3 is 10.0 Å². The zero-order valence-electron chi connectivity index (χ0n) is 7.81. The molecule has 1 unspecified atom stereocenters. The Bertz CT molecular complexity index is 265. The molecule has 5 heteroatoms. The molecule has 0 radical (unpaired) electrons. The van der Waals surface area contributed by atoms with E-state index in [9.17, 15) is 9.59 Å². The first kappa shape index (κ1) is 9.83. The summed E-state index contributed by atoms with van der Waals surface area (Å²) in [5.74, 6) is 0.750. The maximum absolute atomic E-state index is 11.7. The van der Waals surface area contributed by atoms with Gasteiger partial charge in [0.2, 0.25) is 5.91 Å². The zero-order chi connectivity index (χ0) is 10.1. The largest absolute Gasteiger partial charge is 0.480 e. The lowest BCUT2D eigenvalue weighted by molar-refractivity contribution is -0.147. The van der Waals surface area contributed by atoms with E-state index in [1.165, 1.54) is 16.7 Å². The molecule has 1 saturated carbocycles. The van der Waals surface area contributed by atoms with E-state index in [1.54, 1.807) is 0 Å². The normalized spacial score (nSPS) is 26.6. The summed E-state index contributed by atoms with van der Waals surface area (Å²) in [6, 6.07) is -0.591. The van der Waals surface area contributed by atoms with Crippen LogP contribution in [0.3, 0.4) is 0 Å². The molecule has 0 bridgehead atoms. The van der Waals surface area contributed by atoms with Crippen LogP contribution < -0.4 is 0 Å². The highest BCUT2D eigenvalue weighted by atomic mass is 32.2. The summed E-state index contributed by atoms with van der Waals surface area (Å²) in [4.78, 5) is 24.0. The van der Waals surface area contributed by atoms with Crippen molar-refractivity contribution in [2.45, 2.75) is 25.3 Å². The van der Waals surface area contributed by atoms with E-state index in [4.69, 9.17) is 5.11 Å². The fourth-order valence-electron chi connectivity index (χ4n) is 1.58. The van der Waals surface area contributed by atoms with E-state index < -0.39 is 12.0 Å². The first-order valence-electron chi connectivity index (χ1n) is 4.78. The molecule has 14 heavy (non-hydrogen) atoms. The van der Waals surface area contributed by atoms with E-state index in [2.05, 4.69) is 0 Å². The molecule has 4 nitrogen and oxygen atoms in total. The molecule has 1 atom stereocenters. The highest BCUT2D eigenvalue weighted by molar-refractivity contribution is 7.99. The van der Waals surface area contributed by atoms with Gasteiger partial charge in [0, 0.05) is 12.2 Å². The maximum Gasteiger partial charge on any atom is 0.327 e. The number of rotatable bonds is 3. The summed E-state index contributed by atoms with van der Waals surface area (Å²) in [7, 11) is 0. The molecule has 0 aromatic heterocycles. The van der Waals surface area contributed by atoms with Crippen LogP contribution in [0.4, 0.5) is 0 Å². The lowest BCUT2D eigenvalue weighted by Gasteiger charge is -2.20. The third-order valence-electron chi connectivity index (χ3n) is 2.65. The average molecular weight is 215 g/mol. The Labute approximate surface area is 86.6 Å². The van der Waals surface area contributed by atoms with Gasteiger partial charge in [-0.1, -0.05) is 0 Å². The second kappa shape index (κ2) is 3.81. The SMILES string of the molecule is O=C(O)C1CSCN1C(=O)CC1CC1. The first-order valence-corrected chi connectivity index (χ1v) is 5.94. The van der Waals surface area contributed by atoms with Crippen LogP contribution in [-0.4, -0.2) is 39.6 Å². The van der Waals surface area contributed by atoms with E-state index in [0.29, 0.717) is 24.0 Å². The minimum Gasteiger partial charge on any atom is -0.480 e. The average Bonchev–Trinajstić information content (AvgIpc) is 2.81. The van der Waals surface area contributed by atoms with Crippen molar-refractivity contribution in [1.29, 1.82) is 0 Å². The van der Waals surface area contributed by atoms with E-state index in [0.717, 1.165) is 12.8 Å². The predicted molar refractivity (Wildman–Crippen MR) is 52.9 cm³/mol. The summed E-state index contributed by atoms with van der Waals surface area (Å²) in [6.45, 7) is 0. The van der Waals surface area contributed by atoms with Gasteiger partial charge in [-0.15, -0.1) is 11.8 Å². The van der Waals surface area contributed by atoms with E-state index in [-0.39, 0.29) is 5.91 Å². The molecule has 2 fully saturated rings. The first-order chi connectivity index (χ1) is 6.68. The van der Waals surface area contributed by atoms with Crippen molar-refractivity contribution < 1.29 is 14.7 Å². The molecule has 1 saturated heterocycles. The van der Waals surface area contributed by atoms with E-state index >= 15 is 0 Å². The molecule has 1 aliphatic heterocycles. The highest BCUT2D eigenvalue weighted by Gasteiger charge is 2.36. The number of hydrogen-bond donors (Lipinski definition) is 1. The van der Waals surface area contributed by atoms with Crippen molar-refractivity contribution in [3.63, 3.8) is 0 Å². The van der Waals surface area contributed by atoms with Crippen molar-refractivity contribution in [3.05, 3.63) is 0 Å². The van der Waals surface area contributed by atoms with Gasteiger partial charge in [0.1, 0.15) is 6.04 Å². The molecule has 2 aliphatic rings. The number of nitrogens with zero attached hydrogens (tertiary/aromatic N) is 1. The summed E-state index contributed by atoms with van der Waals surface area (Å²) in [5.41, 5.74) is 0. The number of carboxylic acids is 1. The van der Waals surface area contributed by atoms with Crippen molar-refractivity contribution in [2.75, 3.05) is 11.6 Å². The molecule has 1 amide bonds. The minimum absolute atomic E-state index is 0.0184. The van der Waals surface area contributed by atoms with Crippen LogP contribution in [0.25, 0.3) is 0 Å². The molecular weight excluding hydrogens is 202 g/mol. The Balaban J connectivity index is 1.93. The van der Waals surface area contributed by atoms with Gasteiger partial charge in [-0.05, 0) is 18.8 Å². The molecule has 1 aliphatic carbocycles. The monoisotopic (exact) mass is 215 g/mol. The third kappa shape index (κ3) is 2.03. The number of carbonyl (C=O) groups is 2. The van der Waals surface area contributed by atoms with Crippen LogP contribution in [-0.2, 0) is 9.59 Å². The number of carboxylic acid groups (broad SMARTS) is 1.